The molecule has 0 saturated heterocycles. The van der Waals surface area contributed by atoms with E-state index in [9.17, 15) is 10.1 Å². The van der Waals surface area contributed by atoms with Crippen LogP contribution in [0.1, 0.15) is 5.56 Å². The third-order valence-corrected chi connectivity index (χ3v) is 2.98. The van der Waals surface area contributed by atoms with Crippen molar-refractivity contribution in [3.63, 3.8) is 0 Å². The summed E-state index contributed by atoms with van der Waals surface area (Å²) >= 11 is 0. The molecule has 114 valence electrons. The van der Waals surface area contributed by atoms with Gasteiger partial charge in [0.25, 0.3) is 5.69 Å². The summed E-state index contributed by atoms with van der Waals surface area (Å²) in [5, 5.41) is 10.7. The van der Waals surface area contributed by atoms with Crippen LogP contribution in [0.2, 0.25) is 0 Å². The van der Waals surface area contributed by atoms with E-state index < -0.39 is 4.92 Å². The lowest BCUT2D eigenvalue weighted by Crippen LogP contribution is -2.12. The van der Waals surface area contributed by atoms with E-state index in [0.717, 1.165) is 17.9 Å². The Labute approximate surface area is 129 Å². The monoisotopic (exact) mass is 298 g/mol. The van der Waals surface area contributed by atoms with Crippen molar-refractivity contribution in [3.8, 4) is 5.75 Å². The highest BCUT2D eigenvalue weighted by molar-refractivity contribution is 5.62. The molecule has 0 unspecified atom stereocenters. The van der Waals surface area contributed by atoms with Crippen LogP contribution in [-0.2, 0) is 0 Å². The fourth-order valence-corrected chi connectivity index (χ4v) is 1.85. The number of likely N-dealkylation sites (N-methyl/N-ethyl adjacent to an activating group) is 1. The molecule has 5 nitrogen and oxygen atoms in total. The standard InChI is InChI=1S/C17H18N2O3/c1-18(2)13-12-17(14-6-4-3-5-7-14)22-16-10-8-15(9-11-16)19(20)21/h3-12H,13H2,1-2H3. The number of rotatable bonds is 6. The quantitative estimate of drug-likeness (QED) is 0.465. The van der Waals surface area contributed by atoms with E-state index in [1.807, 2.05) is 55.4 Å². The predicted octanol–water partition coefficient (Wildman–Crippen LogP) is 3.58. The largest absolute Gasteiger partial charge is 0.457 e. The number of hydrogen-bond donors (Lipinski definition) is 0. The highest BCUT2D eigenvalue weighted by Gasteiger charge is 2.08. The molecule has 0 aliphatic heterocycles. The number of non-ortho nitro benzene ring substituents is 1. The minimum atomic E-state index is -0.427. The Hall–Kier alpha value is -2.66. The lowest BCUT2D eigenvalue weighted by atomic mass is 10.2. The van der Waals surface area contributed by atoms with Gasteiger partial charge >= 0.3 is 0 Å². The number of nitrogens with zero attached hydrogens (tertiary/aromatic N) is 2. The van der Waals surface area contributed by atoms with Crippen LogP contribution in [0.4, 0.5) is 5.69 Å². The molecule has 0 amide bonds. The third kappa shape index (κ3) is 4.43. The summed E-state index contributed by atoms with van der Waals surface area (Å²) in [5.74, 6) is 1.29. The topological polar surface area (TPSA) is 55.6 Å². The minimum Gasteiger partial charge on any atom is -0.457 e. The molecule has 0 bridgehead atoms. The smallest absolute Gasteiger partial charge is 0.269 e. The average Bonchev–Trinajstić information content (AvgIpc) is 2.52. The van der Waals surface area contributed by atoms with Crippen molar-refractivity contribution >= 4 is 11.4 Å². The molecular weight excluding hydrogens is 280 g/mol. The first-order chi connectivity index (χ1) is 10.6. The molecule has 2 rings (SSSR count). The molecule has 0 aliphatic rings. The second-order valence-electron chi connectivity index (χ2n) is 5.05. The molecule has 0 fully saturated rings. The van der Waals surface area contributed by atoms with Gasteiger partial charge in [0.1, 0.15) is 11.5 Å². The molecule has 0 spiro atoms. The van der Waals surface area contributed by atoms with Gasteiger partial charge in [0, 0.05) is 24.2 Å². The van der Waals surface area contributed by atoms with Crippen LogP contribution < -0.4 is 4.74 Å². The lowest BCUT2D eigenvalue weighted by molar-refractivity contribution is -0.384. The lowest BCUT2D eigenvalue weighted by Gasteiger charge is -2.12. The van der Waals surface area contributed by atoms with Crippen molar-refractivity contribution in [2.45, 2.75) is 0 Å². The number of hydrogen-bond acceptors (Lipinski definition) is 4. The Morgan fingerprint density at radius 2 is 1.77 bits per heavy atom. The van der Waals surface area contributed by atoms with E-state index in [0.29, 0.717) is 5.75 Å². The summed E-state index contributed by atoms with van der Waals surface area (Å²) in [6.45, 7) is 0.733. The Morgan fingerprint density at radius 3 is 2.32 bits per heavy atom. The fourth-order valence-electron chi connectivity index (χ4n) is 1.85. The van der Waals surface area contributed by atoms with Gasteiger partial charge < -0.3 is 9.64 Å². The number of nitro groups is 1. The molecule has 5 heteroatoms. The average molecular weight is 298 g/mol. The maximum atomic E-state index is 10.7. The second-order valence-corrected chi connectivity index (χ2v) is 5.05. The molecule has 0 N–H and O–H groups in total. The van der Waals surface area contributed by atoms with Gasteiger partial charge in [0.2, 0.25) is 0 Å². The van der Waals surface area contributed by atoms with Gasteiger partial charge in [0.05, 0.1) is 4.92 Å². The maximum Gasteiger partial charge on any atom is 0.269 e. The summed E-state index contributed by atoms with van der Waals surface area (Å²) in [6.07, 6.45) is 1.98. The Morgan fingerprint density at radius 1 is 1.14 bits per heavy atom. The van der Waals surface area contributed by atoms with E-state index in [4.69, 9.17) is 4.74 Å². The highest BCUT2D eigenvalue weighted by Crippen LogP contribution is 2.23. The van der Waals surface area contributed by atoms with Gasteiger partial charge in [-0.25, -0.2) is 0 Å². The molecule has 2 aromatic carbocycles. The number of ether oxygens (including phenoxy) is 1. The summed E-state index contributed by atoms with van der Waals surface area (Å²) < 4.78 is 5.90. The summed E-state index contributed by atoms with van der Waals surface area (Å²) in [6, 6.07) is 15.8. The Bertz CT molecular complexity index is 649. The van der Waals surface area contributed by atoms with Crippen LogP contribution in [0.3, 0.4) is 0 Å². The second kappa shape index (κ2) is 7.38. The fraction of sp³-hybridized carbons (Fsp3) is 0.176. The zero-order valence-electron chi connectivity index (χ0n) is 12.6. The zero-order chi connectivity index (χ0) is 15.9. The predicted molar refractivity (Wildman–Crippen MR) is 86.7 cm³/mol. The molecule has 0 atom stereocenters. The van der Waals surface area contributed by atoms with E-state index in [1.165, 1.54) is 12.1 Å². The van der Waals surface area contributed by atoms with Crippen LogP contribution in [0.15, 0.2) is 60.7 Å². The normalized spacial score (nSPS) is 11.5. The summed E-state index contributed by atoms with van der Waals surface area (Å²) in [7, 11) is 3.95. The van der Waals surface area contributed by atoms with E-state index >= 15 is 0 Å². The van der Waals surface area contributed by atoms with Crippen LogP contribution >= 0.6 is 0 Å². The van der Waals surface area contributed by atoms with Gasteiger partial charge in [-0.2, -0.15) is 0 Å². The Balaban J connectivity index is 2.23. The highest BCUT2D eigenvalue weighted by atomic mass is 16.6. The van der Waals surface area contributed by atoms with Gasteiger partial charge in [-0.15, -0.1) is 0 Å². The van der Waals surface area contributed by atoms with Crippen LogP contribution in [0, 0.1) is 10.1 Å². The Kier molecular flexibility index (Phi) is 5.27. The van der Waals surface area contributed by atoms with E-state index in [1.54, 1.807) is 12.1 Å². The van der Waals surface area contributed by atoms with Gasteiger partial charge in [0.15, 0.2) is 0 Å². The van der Waals surface area contributed by atoms with Gasteiger partial charge in [-0.05, 0) is 32.3 Å². The minimum absolute atomic E-state index is 0.0471. The van der Waals surface area contributed by atoms with E-state index in [2.05, 4.69) is 0 Å². The van der Waals surface area contributed by atoms with Crippen molar-refractivity contribution in [2.75, 3.05) is 20.6 Å². The summed E-state index contributed by atoms with van der Waals surface area (Å²) in [4.78, 5) is 12.3. The van der Waals surface area contributed by atoms with Crippen LogP contribution in [-0.4, -0.2) is 30.5 Å². The zero-order valence-corrected chi connectivity index (χ0v) is 12.6. The van der Waals surface area contributed by atoms with Gasteiger partial charge in [-0.1, -0.05) is 30.3 Å². The van der Waals surface area contributed by atoms with Crippen molar-refractivity contribution in [2.24, 2.45) is 0 Å². The molecule has 2 aromatic rings. The molecule has 0 aliphatic carbocycles. The molecule has 0 radical (unpaired) electrons. The van der Waals surface area contributed by atoms with Crippen molar-refractivity contribution in [1.82, 2.24) is 4.90 Å². The van der Waals surface area contributed by atoms with Crippen molar-refractivity contribution < 1.29 is 9.66 Å². The SMILES string of the molecule is CN(C)CC=C(Oc1ccc([N+](=O)[O-])cc1)c1ccccc1. The first kappa shape index (κ1) is 15.7. The molecule has 22 heavy (non-hydrogen) atoms. The molecule has 0 saturated carbocycles. The number of benzene rings is 2. The first-order valence-electron chi connectivity index (χ1n) is 6.89. The molecule has 0 aromatic heterocycles. The maximum absolute atomic E-state index is 10.7. The first-order valence-corrected chi connectivity index (χ1v) is 6.89. The number of nitro benzene ring substituents is 1. The van der Waals surface area contributed by atoms with Gasteiger partial charge in [-0.3, -0.25) is 10.1 Å². The van der Waals surface area contributed by atoms with Crippen LogP contribution in [0.25, 0.3) is 5.76 Å². The van der Waals surface area contributed by atoms with Crippen molar-refractivity contribution in [1.29, 1.82) is 0 Å². The van der Waals surface area contributed by atoms with Crippen molar-refractivity contribution in [3.05, 3.63) is 76.4 Å². The molecular formula is C17H18N2O3. The third-order valence-electron chi connectivity index (χ3n) is 2.98. The van der Waals surface area contributed by atoms with E-state index in [-0.39, 0.29) is 5.69 Å². The summed E-state index contributed by atoms with van der Waals surface area (Å²) in [5.41, 5.74) is 1.01. The van der Waals surface area contributed by atoms with Crippen LogP contribution in [0.5, 0.6) is 5.75 Å². The molecule has 0 heterocycles.